The monoisotopic (exact) mass is 341 g/mol. The average Bonchev–Trinajstić information content (AvgIpc) is 2.99. The second kappa shape index (κ2) is 6.32. The predicted octanol–water partition coefficient (Wildman–Crippen LogP) is 4.18. The molecule has 0 N–H and O–H groups in total. The van der Waals surface area contributed by atoms with Crippen LogP contribution in [0.25, 0.3) is 0 Å². The van der Waals surface area contributed by atoms with Crippen molar-refractivity contribution in [3.8, 4) is 0 Å². The number of ether oxygens (including phenoxy) is 1. The van der Waals surface area contributed by atoms with Gasteiger partial charge in [-0.3, -0.25) is 9.69 Å². The molecule has 3 nitrogen and oxygen atoms in total. The highest BCUT2D eigenvalue weighted by Gasteiger charge is 2.39. The summed E-state index contributed by atoms with van der Waals surface area (Å²) in [4.78, 5) is 14.9. The van der Waals surface area contributed by atoms with E-state index in [2.05, 4.69) is 30.0 Å². The van der Waals surface area contributed by atoms with Crippen LogP contribution in [0.2, 0.25) is 5.02 Å². The van der Waals surface area contributed by atoms with Crippen LogP contribution in [0.5, 0.6) is 0 Å². The molecular formula is C20H20ClNO2. The van der Waals surface area contributed by atoms with Crippen molar-refractivity contribution in [3.05, 3.63) is 69.7 Å². The molecule has 0 spiro atoms. The van der Waals surface area contributed by atoms with E-state index in [0.29, 0.717) is 18.1 Å². The number of hydrogen-bond acceptors (Lipinski definition) is 3. The number of Topliss-reactive ketones (excluding diaryl/α,β-unsaturated/α-hetero) is 1. The number of ketones is 1. The zero-order valence-electron chi connectivity index (χ0n) is 13.7. The molecule has 24 heavy (non-hydrogen) atoms. The van der Waals surface area contributed by atoms with Gasteiger partial charge in [-0.1, -0.05) is 35.4 Å². The van der Waals surface area contributed by atoms with Gasteiger partial charge in [0.25, 0.3) is 0 Å². The third kappa shape index (κ3) is 2.88. The topological polar surface area (TPSA) is 29.5 Å². The molecule has 1 saturated heterocycles. The SMILES string of the molecule is Cc1ccc2c(c1)C1OCC(CC(=O)c3ccc(Cl)cc3)N1CC2. The van der Waals surface area contributed by atoms with Crippen molar-refractivity contribution in [2.45, 2.75) is 32.0 Å². The van der Waals surface area contributed by atoms with Crippen molar-refractivity contribution in [1.29, 1.82) is 0 Å². The van der Waals surface area contributed by atoms with Crippen LogP contribution in [0, 0.1) is 6.92 Å². The van der Waals surface area contributed by atoms with Gasteiger partial charge in [0.1, 0.15) is 6.23 Å². The predicted molar refractivity (Wildman–Crippen MR) is 94.5 cm³/mol. The highest BCUT2D eigenvalue weighted by atomic mass is 35.5. The van der Waals surface area contributed by atoms with Crippen molar-refractivity contribution in [1.82, 2.24) is 4.90 Å². The maximum atomic E-state index is 12.6. The highest BCUT2D eigenvalue weighted by Crippen LogP contribution is 2.38. The van der Waals surface area contributed by atoms with E-state index < -0.39 is 0 Å². The van der Waals surface area contributed by atoms with Crippen molar-refractivity contribution >= 4 is 17.4 Å². The number of hydrogen-bond donors (Lipinski definition) is 0. The van der Waals surface area contributed by atoms with Crippen LogP contribution in [-0.4, -0.2) is 29.9 Å². The molecule has 2 aromatic carbocycles. The fraction of sp³-hybridized carbons (Fsp3) is 0.350. The van der Waals surface area contributed by atoms with E-state index in [1.807, 2.05) is 0 Å². The van der Waals surface area contributed by atoms with Crippen molar-refractivity contribution in [2.24, 2.45) is 0 Å². The molecule has 0 aromatic heterocycles. The summed E-state index contributed by atoms with van der Waals surface area (Å²) in [5.41, 5.74) is 4.60. The first-order valence-electron chi connectivity index (χ1n) is 8.37. The van der Waals surface area contributed by atoms with E-state index in [-0.39, 0.29) is 18.1 Å². The Hall–Kier alpha value is -1.68. The first-order valence-corrected chi connectivity index (χ1v) is 8.75. The minimum Gasteiger partial charge on any atom is -0.357 e. The van der Waals surface area contributed by atoms with Crippen molar-refractivity contribution in [2.75, 3.05) is 13.2 Å². The van der Waals surface area contributed by atoms with Crippen LogP contribution in [-0.2, 0) is 11.2 Å². The largest absolute Gasteiger partial charge is 0.357 e. The zero-order valence-corrected chi connectivity index (χ0v) is 14.4. The van der Waals surface area contributed by atoms with Crippen LogP contribution in [0.3, 0.4) is 0 Å². The molecule has 1 fully saturated rings. The highest BCUT2D eigenvalue weighted by molar-refractivity contribution is 6.30. The zero-order chi connectivity index (χ0) is 16.7. The van der Waals surface area contributed by atoms with Gasteiger partial charge in [0, 0.05) is 29.6 Å². The molecule has 4 rings (SSSR count). The third-order valence-corrected chi connectivity index (χ3v) is 5.26. The Morgan fingerprint density at radius 2 is 2.04 bits per heavy atom. The second-order valence-corrected chi connectivity index (χ2v) is 7.10. The molecular weight excluding hydrogens is 322 g/mol. The smallest absolute Gasteiger partial charge is 0.164 e. The molecule has 2 heterocycles. The lowest BCUT2D eigenvalue weighted by Crippen LogP contribution is -2.39. The Balaban J connectivity index is 1.51. The van der Waals surface area contributed by atoms with E-state index in [4.69, 9.17) is 16.3 Å². The van der Waals surface area contributed by atoms with Crippen LogP contribution in [0.1, 0.15) is 39.7 Å². The molecule has 2 unspecified atom stereocenters. The minimum absolute atomic E-state index is 0.00309. The molecule has 0 saturated carbocycles. The summed E-state index contributed by atoms with van der Waals surface area (Å²) >= 11 is 5.90. The quantitative estimate of drug-likeness (QED) is 0.784. The number of carbonyl (C=O) groups excluding carboxylic acids is 1. The lowest BCUT2D eigenvalue weighted by Gasteiger charge is -2.33. The van der Waals surface area contributed by atoms with Crippen LogP contribution in [0.15, 0.2) is 42.5 Å². The van der Waals surface area contributed by atoms with Gasteiger partial charge in [-0.05, 0) is 48.7 Å². The van der Waals surface area contributed by atoms with Gasteiger partial charge in [0.05, 0.1) is 6.61 Å². The van der Waals surface area contributed by atoms with Crippen LogP contribution < -0.4 is 0 Å². The Morgan fingerprint density at radius 3 is 2.83 bits per heavy atom. The number of nitrogens with zero attached hydrogens (tertiary/aromatic N) is 1. The summed E-state index contributed by atoms with van der Waals surface area (Å²) in [6.45, 7) is 3.66. The number of benzene rings is 2. The second-order valence-electron chi connectivity index (χ2n) is 6.66. The summed E-state index contributed by atoms with van der Waals surface area (Å²) in [5, 5.41) is 0.652. The van der Waals surface area contributed by atoms with Gasteiger partial charge < -0.3 is 4.74 Å². The Bertz CT molecular complexity index is 772. The minimum atomic E-state index is -0.00309. The Labute approximate surface area is 147 Å². The van der Waals surface area contributed by atoms with Crippen LogP contribution >= 0.6 is 11.6 Å². The maximum Gasteiger partial charge on any atom is 0.164 e. The number of halogens is 1. The standard InChI is InChI=1S/C20H20ClNO2/c1-13-2-3-14-8-9-22-17(12-24-20(22)18(14)10-13)11-19(23)15-4-6-16(21)7-5-15/h2-7,10,17,20H,8-9,11-12H2,1H3. The number of rotatable bonds is 3. The number of carbonyl (C=O) groups is 1. The van der Waals surface area contributed by atoms with E-state index in [0.717, 1.165) is 18.5 Å². The summed E-state index contributed by atoms with van der Waals surface area (Å²) in [6, 6.07) is 13.9. The average molecular weight is 342 g/mol. The Kier molecular flexibility index (Phi) is 4.17. The fourth-order valence-corrected chi connectivity index (χ4v) is 3.84. The summed E-state index contributed by atoms with van der Waals surface area (Å²) in [5.74, 6) is 0.149. The molecule has 2 aromatic rings. The van der Waals surface area contributed by atoms with Crippen molar-refractivity contribution < 1.29 is 9.53 Å². The van der Waals surface area contributed by atoms with E-state index in [9.17, 15) is 4.79 Å². The van der Waals surface area contributed by atoms with E-state index >= 15 is 0 Å². The first kappa shape index (κ1) is 15.8. The molecule has 124 valence electrons. The molecule has 2 aliphatic heterocycles. The summed E-state index contributed by atoms with van der Waals surface area (Å²) in [7, 11) is 0. The van der Waals surface area contributed by atoms with Gasteiger partial charge in [0.15, 0.2) is 5.78 Å². The lowest BCUT2D eigenvalue weighted by molar-refractivity contribution is 0.0215. The molecule has 0 radical (unpaired) electrons. The fourth-order valence-electron chi connectivity index (χ4n) is 3.72. The molecule has 0 amide bonds. The molecule has 2 aliphatic rings. The molecule has 0 bridgehead atoms. The normalized spacial score (nSPS) is 22.9. The number of fused-ring (bicyclic) bond motifs is 3. The van der Waals surface area contributed by atoms with Crippen LogP contribution in [0.4, 0.5) is 0 Å². The Morgan fingerprint density at radius 1 is 1.25 bits per heavy atom. The maximum absolute atomic E-state index is 12.6. The third-order valence-electron chi connectivity index (χ3n) is 5.01. The molecule has 0 aliphatic carbocycles. The van der Waals surface area contributed by atoms with Gasteiger partial charge >= 0.3 is 0 Å². The molecule has 2 atom stereocenters. The van der Waals surface area contributed by atoms with E-state index in [1.54, 1.807) is 24.3 Å². The van der Waals surface area contributed by atoms with Gasteiger partial charge in [-0.15, -0.1) is 0 Å². The number of aryl methyl sites for hydroxylation is 1. The first-order chi connectivity index (χ1) is 11.6. The van der Waals surface area contributed by atoms with Gasteiger partial charge in [-0.2, -0.15) is 0 Å². The lowest BCUT2D eigenvalue weighted by atomic mass is 9.95. The van der Waals surface area contributed by atoms with E-state index in [1.165, 1.54) is 16.7 Å². The van der Waals surface area contributed by atoms with Crippen molar-refractivity contribution in [3.63, 3.8) is 0 Å². The van der Waals surface area contributed by atoms with Gasteiger partial charge in [-0.25, -0.2) is 0 Å². The molecule has 4 heteroatoms. The summed E-state index contributed by atoms with van der Waals surface area (Å²) in [6.07, 6.45) is 1.50. The summed E-state index contributed by atoms with van der Waals surface area (Å²) < 4.78 is 6.06. The van der Waals surface area contributed by atoms with Gasteiger partial charge in [0.2, 0.25) is 0 Å².